The molecular weight excluding hydrogens is 172 g/mol. The van der Waals surface area contributed by atoms with Crippen molar-refractivity contribution in [3.05, 3.63) is 11.6 Å². The smallest absolute Gasteiger partial charge is 0.0459 e. The molecule has 1 heteroatoms. The summed E-state index contributed by atoms with van der Waals surface area (Å²) in [6, 6.07) is 0. The lowest BCUT2D eigenvalue weighted by Crippen LogP contribution is -2.30. The Morgan fingerprint density at radius 1 is 1.50 bits per heavy atom. The topological polar surface area (TPSA) is 20.2 Å². The molecule has 1 fully saturated rings. The zero-order valence-corrected chi connectivity index (χ0v) is 9.42. The highest BCUT2D eigenvalue weighted by Gasteiger charge is 2.44. The summed E-state index contributed by atoms with van der Waals surface area (Å²) in [5.41, 5.74) is 2.07. The maximum Gasteiger partial charge on any atom is 0.0459 e. The number of rotatable bonds is 1. The van der Waals surface area contributed by atoms with Gasteiger partial charge in [0.1, 0.15) is 0 Å². The minimum atomic E-state index is 0.391. The van der Waals surface area contributed by atoms with Crippen LogP contribution in [0.1, 0.15) is 46.0 Å². The second kappa shape index (κ2) is 3.69. The SMILES string of the molecule is CC1=CCCC(C)C12CCC(CO)C2. The zero-order valence-electron chi connectivity index (χ0n) is 9.42. The lowest BCUT2D eigenvalue weighted by atomic mass is 9.65. The number of hydrogen-bond acceptors (Lipinski definition) is 1. The van der Waals surface area contributed by atoms with E-state index in [1.807, 2.05) is 0 Å². The van der Waals surface area contributed by atoms with Crippen LogP contribution in [0.3, 0.4) is 0 Å². The van der Waals surface area contributed by atoms with Crippen molar-refractivity contribution in [1.82, 2.24) is 0 Å². The zero-order chi connectivity index (χ0) is 10.2. The normalized spacial score (nSPS) is 42.9. The van der Waals surface area contributed by atoms with Gasteiger partial charge in [-0.25, -0.2) is 0 Å². The van der Waals surface area contributed by atoms with Crippen LogP contribution in [0.2, 0.25) is 0 Å². The quantitative estimate of drug-likeness (QED) is 0.636. The predicted molar refractivity (Wildman–Crippen MR) is 59.0 cm³/mol. The minimum Gasteiger partial charge on any atom is -0.396 e. The lowest BCUT2D eigenvalue weighted by molar-refractivity contribution is 0.176. The Balaban J connectivity index is 2.21. The van der Waals surface area contributed by atoms with Gasteiger partial charge in [-0.05, 0) is 56.3 Å². The third-order valence-corrected chi connectivity index (χ3v) is 4.69. The molecule has 14 heavy (non-hydrogen) atoms. The van der Waals surface area contributed by atoms with E-state index in [0.29, 0.717) is 17.9 Å². The van der Waals surface area contributed by atoms with Crippen molar-refractivity contribution in [1.29, 1.82) is 0 Å². The van der Waals surface area contributed by atoms with Crippen LogP contribution in [0.15, 0.2) is 11.6 Å². The summed E-state index contributed by atoms with van der Waals surface area (Å²) in [6.07, 6.45) is 8.80. The molecule has 0 saturated heterocycles. The van der Waals surface area contributed by atoms with Gasteiger partial charge in [-0.15, -0.1) is 0 Å². The van der Waals surface area contributed by atoms with Gasteiger partial charge in [0.2, 0.25) is 0 Å². The van der Waals surface area contributed by atoms with Crippen LogP contribution in [0, 0.1) is 17.3 Å². The fourth-order valence-corrected chi connectivity index (χ4v) is 3.56. The molecule has 2 aliphatic rings. The van der Waals surface area contributed by atoms with Gasteiger partial charge >= 0.3 is 0 Å². The Morgan fingerprint density at radius 3 is 2.86 bits per heavy atom. The Bertz CT molecular complexity index is 244. The van der Waals surface area contributed by atoms with Crippen molar-refractivity contribution in [3.63, 3.8) is 0 Å². The van der Waals surface area contributed by atoms with Crippen molar-refractivity contribution >= 4 is 0 Å². The molecule has 1 N–H and O–H groups in total. The first kappa shape index (κ1) is 10.2. The summed E-state index contributed by atoms with van der Waals surface area (Å²) in [5, 5.41) is 9.23. The van der Waals surface area contributed by atoms with Crippen molar-refractivity contribution in [2.75, 3.05) is 6.61 Å². The molecule has 0 aromatic rings. The monoisotopic (exact) mass is 194 g/mol. The lowest BCUT2D eigenvalue weighted by Gasteiger charge is -2.40. The number of aliphatic hydroxyl groups is 1. The average molecular weight is 194 g/mol. The summed E-state index contributed by atoms with van der Waals surface area (Å²) < 4.78 is 0. The molecule has 3 unspecified atom stereocenters. The van der Waals surface area contributed by atoms with E-state index in [2.05, 4.69) is 19.9 Å². The maximum atomic E-state index is 9.23. The van der Waals surface area contributed by atoms with E-state index in [-0.39, 0.29) is 0 Å². The maximum absolute atomic E-state index is 9.23. The molecule has 1 nitrogen and oxygen atoms in total. The number of hydrogen-bond donors (Lipinski definition) is 1. The second-order valence-electron chi connectivity index (χ2n) is 5.31. The molecule has 1 saturated carbocycles. The molecule has 1 spiro atoms. The van der Waals surface area contributed by atoms with E-state index in [4.69, 9.17) is 0 Å². The Hall–Kier alpha value is -0.300. The van der Waals surface area contributed by atoms with Gasteiger partial charge in [0.15, 0.2) is 0 Å². The fraction of sp³-hybridized carbons (Fsp3) is 0.846. The third kappa shape index (κ3) is 1.42. The van der Waals surface area contributed by atoms with E-state index in [9.17, 15) is 5.11 Å². The Labute approximate surface area is 87.2 Å². The highest BCUT2D eigenvalue weighted by Crippen LogP contribution is 2.54. The van der Waals surface area contributed by atoms with Crippen LogP contribution >= 0.6 is 0 Å². The van der Waals surface area contributed by atoms with Gasteiger partial charge in [0.05, 0.1) is 0 Å². The van der Waals surface area contributed by atoms with Gasteiger partial charge in [-0.1, -0.05) is 18.6 Å². The van der Waals surface area contributed by atoms with Crippen LogP contribution < -0.4 is 0 Å². The summed E-state index contributed by atoms with van der Waals surface area (Å²) in [4.78, 5) is 0. The first-order chi connectivity index (χ1) is 6.69. The second-order valence-corrected chi connectivity index (χ2v) is 5.31. The number of aliphatic hydroxyl groups excluding tert-OH is 1. The molecular formula is C13H22O. The predicted octanol–water partition coefficient (Wildman–Crippen LogP) is 3.14. The summed E-state index contributed by atoms with van der Waals surface area (Å²) in [5.74, 6) is 1.39. The molecule has 2 aliphatic carbocycles. The van der Waals surface area contributed by atoms with Gasteiger partial charge in [-0.3, -0.25) is 0 Å². The summed E-state index contributed by atoms with van der Waals surface area (Å²) >= 11 is 0. The molecule has 0 radical (unpaired) electrons. The molecule has 3 atom stereocenters. The van der Waals surface area contributed by atoms with Crippen molar-refractivity contribution in [2.24, 2.45) is 17.3 Å². The van der Waals surface area contributed by atoms with E-state index >= 15 is 0 Å². The molecule has 0 aromatic carbocycles. The molecule has 0 aromatic heterocycles. The Kier molecular flexibility index (Phi) is 2.70. The van der Waals surface area contributed by atoms with Crippen LogP contribution in [-0.4, -0.2) is 11.7 Å². The Morgan fingerprint density at radius 2 is 2.29 bits per heavy atom. The highest BCUT2D eigenvalue weighted by atomic mass is 16.3. The van der Waals surface area contributed by atoms with Crippen LogP contribution in [0.25, 0.3) is 0 Å². The van der Waals surface area contributed by atoms with Crippen molar-refractivity contribution in [2.45, 2.75) is 46.0 Å². The molecule has 80 valence electrons. The largest absolute Gasteiger partial charge is 0.396 e. The molecule has 0 amide bonds. The molecule has 0 bridgehead atoms. The van der Waals surface area contributed by atoms with E-state index in [1.165, 1.54) is 32.1 Å². The first-order valence-electron chi connectivity index (χ1n) is 5.97. The molecule has 2 rings (SSSR count). The van der Waals surface area contributed by atoms with E-state index < -0.39 is 0 Å². The van der Waals surface area contributed by atoms with Gasteiger partial charge in [0, 0.05) is 6.61 Å². The van der Waals surface area contributed by atoms with Crippen molar-refractivity contribution in [3.8, 4) is 0 Å². The van der Waals surface area contributed by atoms with Crippen LogP contribution in [0.5, 0.6) is 0 Å². The number of allylic oxidation sites excluding steroid dienone is 2. The van der Waals surface area contributed by atoms with E-state index in [0.717, 1.165) is 5.92 Å². The minimum absolute atomic E-state index is 0.391. The third-order valence-electron chi connectivity index (χ3n) is 4.69. The first-order valence-corrected chi connectivity index (χ1v) is 5.97. The van der Waals surface area contributed by atoms with Crippen LogP contribution in [0.4, 0.5) is 0 Å². The summed E-state index contributed by atoms with van der Waals surface area (Å²) in [6.45, 7) is 5.09. The standard InChI is InChI=1S/C13H22O/c1-10-4-3-5-11(2)13(10)7-6-12(8-13)9-14/h4,11-12,14H,3,5-9H2,1-2H3. The van der Waals surface area contributed by atoms with E-state index in [1.54, 1.807) is 5.57 Å². The highest BCUT2D eigenvalue weighted by molar-refractivity contribution is 5.19. The summed E-state index contributed by atoms with van der Waals surface area (Å²) in [7, 11) is 0. The van der Waals surface area contributed by atoms with Crippen molar-refractivity contribution < 1.29 is 5.11 Å². The fourth-order valence-electron chi connectivity index (χ4n) is 3.56. The van der Waals surface area contributed by atoms with Gasteiger partial charge in [-0.2, -0.15) is 0 Å². The molecule has 0 heterocycles. The molecule has 0 aliphatic heterocycles. The van der Waals surface area contributed by atoms with Gasteiger partial charge < -0.3 is 5.11 Å². The van der Waals surface area contributed by atoms with Gasteiger partial charge in [0.25, 0.3) is 0 Å². The average Bonchev–Trinajstić information content (AvgIpc) is 2.60. The van der Waals surface area contributed by atoms with Crippen LogP contribution in [-0.2, 0) is 0 Å².